The van der Waals surface area contributed by atoms with E-state index in [4.69, 9.17) is 16.3 Å². The normalized spacial score (nSPS) is 11.0. The van der Waals surface area contributed by atoms with Crippen LogP contribution in [0.5, 0.6) is 5.75 Å². The number of hydrogen-bond donors (Lipinski definition) is 2. The van der Waals surface area contributed by atoms with Crippen molar-refractivity contribution in [3.63, 3.8) is 0 Å². The maximum atomic E-state index is 12.8. The van der Waals surface area contributed by atoms with Crippen LogP contribution in [0.25, 0.3) is 0 Å². The molecular weight excluding hydrogens is 412 g/mol. The molecule has 0 aliphatic carbocycles. The summed E-state index contributed by atoms with van der Waals surface area (Å²) < 4.78 is 33.4. The van der Waals surface area contributed by atoms with Gasteiger partial charge in [-0.1, -0.05) is 29.8 Å². The first-order valence-corrected chi connectivity index (χ1v) is 10.5. The zero-order valence-corrected chi connectivity index (χ0v) is 17.3. The van der Waals surface area contributed by atoms with Gasteiger partial charge in [-0.15, -0.1) is 0 Å². The lowest BCUT2D eigenvalue weighted by molar-refractivity contribution is 0.102. The van der Waals surface area contributed by atoms with Gasteiger partial charge >= 0.3 is 0 Å². The van der Waals surface area contributed by atoms with Crippen molar-refractivity contribution in [1.29, 1.82) is 0 Å². The number of sulfonamides is 1. The first-order chi connectivity index (χ1) is 13.8. The second-order valence-electron chi connectivity index (χ2n) is 6.25. The van der Waals surface area contributed by atoms with Gasteiger partial charge in [-0.25, -0.2) is 8.42 Å². The van der Waals surface area contributed by atoms with Gasteiger partial charge in [0.15, 0.2) is 0 Å². The minimum atomic E-state index is -3.86. The number of benzene rings is 3. The van der Waals surface area contributed by atoms with Gasteiger partial charge in [0.1, 0.15) is 5.75 Å². The van der Waals surface area contributed by atoms with Crippen molar-refractivity contribution in [2.24, 2.45) is 0 Å². The van der Waals surface area contributed by atoms with Gasteiger partial charge in [-0.3, -0.25) is 9.52 Å². The van der Waals surface area contributed by atoms with Crippen LogP contribution in [0.3, 0.4) is 0 Å². The van der Waals surface area contributed by atoms with E-state index in [1.165, 1.54) is 13.2 Å². The van der Waals surface area contributed by atoms with E-state index < -0.39 is 15.9 Å². The average molecular weight is 431 g/mol. The highest BCUT2D eigenvalue weighted by atomic mass is 35.5. The zero-order chi connectivity index (χ0) is 21.0. The van der Waals surface area contributed by atoms with Crippen molar-refractivity contribution >= 4 is 38.9 Å². The standard InChI is InChI=1S/C21H19ClN2O4S/c1-14-7-10-17(23-21(25)18-5-3-4-6-19(18)28-2)13-20(14)29(26,27)24-16-11-8-15(22)9-12-16/h3-13,24H,1-2H3,(H,23,25). The smallest absolute Gasteiger partial charge is 0.262 e. The molecule has 29 heavy (non-hydrogen) atoms. The molecule has 150 valence electrons. The molecule has 1 amide bonds. The second kappa shape index (κ2) is 8.55. The Morgan fingerprint density at radius 3 is 2.31 bits per heavy atom. The van der Waals surface area contributed by atoms with Crippen LogP contribution in [0, 0.1) is 6.92 Å². The number of para-hydroxylation sites is 1. The van der Waals surface area contributed by atoms with Crippen molar-refractivity contribution < 1.29 is 17.9 Å². The summed E-state index contributed by atoms with van der Waals surface area (Å²) in [7, 11) is -2.38. The maximum absolute atomic E-state index is 12.8. The molecule has 0 aliphatic heterocycles. The highest BCUT2D eigenvalue weighted by Gasteiger charge is 2.19. The van der Waals surface area contributed by atoms with Gasteiger partial charge in [0, 0.05) is 16.4 Å². The summed E-state index contributed by atoms with van der Waals surface area (Å²) >= 11 is 5.84. The first kappa shape index (κ1) is 20.7. The maximum Gasteiger partial charge on any atom is 0.262 e. The lowest BCUT2D eigenvalue weighted by Gasteiger charge is -2.13. The van der Waals surface area contributed by atoms with Crippen LogP contribution in [0.1, 0.15) is 15.9 Å². The molecule has 0 atom stereocenters. The lowest BCUT2D eigenvalue weighted by Crippen LogP contribution is -2.16. The molecule has 8 heteroatoms. The molecular formula is C21H19ClN2O4S. The molecule has 3 aromatic rings. The van der Waals surface area contributed by atoms with Crippen LogP contribution < -0.4 is 14.8 Å². The number of anilines is 2. The third kappa shape index (κ3) is 4.88. The molecule has 0 bridgehead atoms. The molecule has 3 aromatic carbocycles. The molecule has 0 spiro atoms. The number of amides is 1. The number of aryl methyl sites for hydroxylation is 1. The number of ether oxygens (including phenoxy) is 1. The van der Waals surface area contributed by atoms with Gasteiger partial charge in [-0.2, -0.15) is 0 Å². The fourth-order valence-corrected chi connectivity index (χ4v) is 4.18. The van der Waals surface area contributed by atoms with E-state index in [9.17, 15) is 13.2 Å². The zero-order valence-electron chi connectivity index (χ0n) is 15.8. The molecule has 0 aliphatic rings. The molecule has 6 nitrogen and oxygen atoms in total. The third-order valence-corrected chi connectivity index (χ3v) is 5.96. The minimum Gasteiger partial charge on any atom is -0.496 e. The Morgan fingerprint density at radius 2 is 1.62 bits per heavy atom. The molecule has 0 heterocycles. The van der Waals surface area contributed by atoms with Crippen LogP contribution in [-0.4, -0.2) is 21.4 Å². The van der Waals surface area contributed by atoms with E-state index in [0.717, 1.165) is 0 Å². The van der Waals surface area contributed by atoms with E-state index in [0.29, 0.717) is 33.3 Å². The summed E-state index contributed by atoms with van der Waals surface area (Å²) in [5.41, 5.74) is 1.63. The Hall–Kier alpha value is -3.03. The third-order valence-electron chi connectivity index (χ3n) is 4.18. The van der Waals surface area contributed by atoms with Gasteiger partial charge in [0.05, 0.1) is 17.6 Å². The highest BCUT2D eigenvalue weighted by molar-refractivity contribution is 7.92. The average Bonchev–Trinajstić information content (AvgIpc) is 2.70. The predicted molar refractivity (Wildman–Crippen MR) is 114 cm³/mol. The van der Waals surface area contributed by atoms with Crippen molar-refractivity contribution in [3.8, 4) is 5.75 Å². The van der Waals surface area contributed by atoms with E-state index in [2.05, 4.69) is 10.0 Å². The van der Waals surface area contributed by atoms with Crippen LogP contribution in [-0.2, 0) is 10.0 Å². The van der Waals surface area contributed by atoms with Gasteiger partial charge in [0.25, 0.3) is 15.9 Å². The van der Waals surface area contributed by atoms with Gasteiger partial charge in [0.2, 0.25) is 0 Å². The Balaban J connectivity index is 1.87. The summed E-state index contributed by atoms with van der Waals surface area (Å²) in [5.74, 6) is 0.0228. The SMILES string of the molecule is COc1ccccc1C(=O)Nc1ccc(C)c(S(=O)(=O)Nc2ccc(Cl)cc2)c1. The Bertz CT molecular complexity index is 1150. The number of methoxy groups -OCH3 is 1. The van der Waals surface area contributed by atoms with E-state index in [1.54, 1.807) is 67.6 Å². The molecule has 2 N–H and O–H groups in total. The van der Waals surface area contributed by atoms with Crippen molar-refractivity contribution in [1.82, 2.24) is 0 Å². The fraction of sp³-hybridized carbons (Fsp3) is 0.0952. The molecule has 0 fully saturated rings. The van der Waals surface area contributed by atoms with Crippen LogP contribution in [0.4, 0.5) is 11.4 Å². The predicted octanol–water partition coefficient (Wildman–Crippen LogP) is 4.71. The van der Waals surface area contributed by atoms with Crippen molar-refractivity contribution in [2.75, 3.05) is 17.1 Å². The van der Waals surface area contributed by atoms with Crippen molar-refractivity contribution in [2.45, 2.75) is 11.8 Å². The summed E-state index contributed by atoms with van der Waals surface area (Å²) in [6.07, 6.45) is 0. The summed E-state index contributed by atoms with van der Waals surface area (Å²) in [4.78, 5) is 12.7. The van der Waals surface area contributed by atoms with E-state index >= 15 is 0 Å². The quantitative estimate of drug-likeness (QED) is 0.593. The summed E-state index contributed by atoms with van der Waals surface area (Å²) in [6, 6.07) is 17.8. The lowest BCUT2D eigenvalue weighted by atomic mass is 10.1. The Labute approximate surface area is 174 Å². The fourth-order valence-electron chi connectivity index (χ4n) is 2.73. The molecule has 0 saturated heterocycles. The van der Waals surface area contributed by atoms with Gasteiger partial charge in [-0.05, 0) is 61.0 Å². The monoisotopic (exact) mass is 430 g/mol. The second-order valence-corrected chi connectivity index (χ2v) is 8.33. The van der Waals surface area contributed by atoms with Crippen molar-refractivity contribution in [3.05, 3.63) is 82.9 Å². The van der Waals surface area contributed by atoms with E-state index in [-0.39, 0.29) is 4.90 Å². The number of hydrogen-bond acceptors (Lipinski definition) is 4. The van der Waals surface area contributed by atoms with Crippen LogP contribution in [0.15, 0.2) is 71.6 Å². The molecule has 0 unspecified atom stereocenters. The number of carbonyl (C=O) groups is 1. The molecule has 0 aromatic heterocycles. The molecule has 3 rings (SSSR count). The first-order valence-electron chi connectivity index (χ1n) is 8.63. The largest absolute Gasteiger partial charge is 0.496 e. The van der Waals surface area contributed by atoms with Crippen LogP contribution in [0.2, 0.25) is 5.02 Å². The van der Waals surface area contributed by atoms with Gasteiger partial charge < -0.3 is 10.1 Å². The number of carbonyl (C=O) groups excluding carboxylic acids is 1. The number of nitrogens with one attached hydrogen (secondary N) is 2. The minimum absolute atomic E-state index is 0.0604. The molecule has 0 radical (unpaired) electrons. The molecule has 0 saturated carbocycles. The number of rotatable bonds is 6. The Kier molecular flexibility index (Phi) is 6.10. The topological polar surface area (TPSA) is 84.5 Å². The summed E-state index contributed by atoms with van der Waals surface area (Å²) in [5, 5.41) is 3.22. The Morgan fingerprint density at radius 1 is 0.966 bits per heavy atom. The number of halogens is 1. The summed E-state index contributed by atoms with van der Waals surface area (Å²) in [6.45, 7) is 1.68. The van der Waals surface area contributed by atoms with Crippen LogP contribution >= 0.6 is 11.6 Å². The highest BCUT2D eigenvalue weighted by Crippen LogP contribution is 2.25. The van der Waals surface area contributed by atoms with E-state index in [1.807, 2.05) is 0 Å².